The Morgan fingerprint density at radius 1 is 0.600 bits per heavy atom. The maximum absolute atomic E-state index is 11.9. The fourth-order valence-corrected chi connectivity index (χ4v) is 6.38. The summed E-state index contributed by atoms with van der Waals surface area (Å²) in [6.45, 7) is 0.801. The molecule has 0 bridgehead atoms. The molecule has 0 spiro atoms. The Morgan fingerprint density at radius 2 is 1.25 bits per heavy atom. The van der Waals surface area contributed by atoms with E-state index in [-0.39, 0.29) is 56.8 Å². The van der Waals surface area contributed by atoms with Gasteiger partial charge in [-0.25, -0.2) is 0 Å². The van der Waals surface area contributed by atoms with Gasteiger partial charge in [-0.05, 0) is 77.7 Å². The van der Waals surface area contributed by atoms with Crippen molar-refractivity contribution >= 4 is 55.0 Å². The standard InChI is InChI=1S/C40H36N6O8S/c1-24-16-36(38(54-2)21-33(24)43-41-31-14-11-27(22-47)18-39(31)55(51,52)53)46-44-34-20-37(49)35(19-29(34)23-48)45-42-32-15-12-28-17-26(10-13-30(28)40(32)50)9-8-25-6-4-3-5-7-25/h3-7,10-21,47-50H,8-9,22-23H2,1-2H3,(H,51,52,53). The quantitative estimate of drug-likeness (QED) is 0.0562. The highest BCUT2D eigenvalue weighted by molar-refractivity contribution is 7.86. The van der Waals surface area contributed by atoms with Crippen LogP contribution < -0.4 is 4.74 Å². The largest absolute Gasteiger partial charge is 0.506 e. The van der Waals surface area contributed by atoms with E-state index in [9.17, 15) is 33.4 Å². The van der Waals surface area contributed by atoms with Gasteiger partial charge < -0.3 is 25.2 Å². The van der Waals surface area contributed by atoms with Gasteiger partial charge in [-0.3, -0.25) is 4.55 Å². The highest BCUT2D eigenvalue weighted by Gasteiger charge is 2.17. The molecule has 5 N–H and O–H groups in total. The van der Waals surface area contributed by atoms with Gasteiger partial charge in [0.05, 0.1) is 31.7 Å². The van der Waals surface area contributed by atoms with E-state index < -0.39 is 28.2 Å². The fourth-order valence-electron chi connectivity index (χ4n) is 5.71. The van der Waals surface area contributed by atoms with Crippen LogP contribution in [-0.4, -0.2) is 40.5 Å². The molecule has 0 aliphatic carbocycles. The second-order valence-corrected chi connectivity index (χ2v) is 13.8. The van der Waals surface area contributed by atoms with E-state index in [1.54, 1.807) is 19.1 Å². The average molecular weight is 761 g/mol. The summed E-state index contributed by atoms with van der Waals surface area (Å²) >= 11 is 0. The summed E-state index contributed by atoms with van der Waals surface area (Å²) in [4.78, 5) is -0.510. The van der Waals surface area contributed by atoms with E-state index in [4.69, 9.17) is 4.74 Å². The lowest BCUT2D eigenvalue weighted by atomic mass is 10.0. The predicted octanol–water partition coefficient (Wildman–Crippen LogP) is 9.83. The normalized spacial score (nSPS) is 12.1. The molecule has 280 valence electrons. The molecule has 0 saturated carbocycles. The number of ether oxygens (including phenoxy) is 1. The lowest BCUT2D eigenvalue weighted by Gasteiger charge is -2.09. The topological polar surface area (TPSA) is 219 Å². The first-order valence-electron chi connectivity index (χ1n) is 16.9. The summed E-state index contributed by atoms with van der Waals surface area (Å²) in [6.07, 6.45) is 1.75. The summed E-state index contributed by atoms with van der Waals surface area (Å²) in [6, 6.07) is 29.2. The number of aliphatic hydroxyl groups excluding tert-OH is 2. The Kier molecular flexibility index (Phi) is 11.7. The van der Waals surface area contributed by atoms with Crippen molar-refractivity contribution in [2.45, 2.75) is 37.9 Å². The lowest BCUT2D eigenvalue weighted by molar-refractivity contribution is 0.281. The third-order valence-electron chi connectivity index (χ3n) is 8.70. The Balaban J connectivity index is 1.20. The summed E-state index contributed by atoms with van der Waals surface area (Å²) in [5.41, 5.74) is 4.29. The number of rotatable bonds is 13. The Morgan fingerprint density at radius 3 is 1.98 bits per heavy atom. The molecule has 0 aliphatic rings. The van der Waals surface area contributed by atoms with Gasteiger partial charge in [-0.2, -0.15) is 13.5 Å². The summed E-state index contributed by atoms with van der Waals surface area (Å²) in [7, 11) is -3.25. The minimum absolute atomic E-state index is 0.0325. The monoisotopic (exact) mass is 760 g/mol. The van der Waals surface area contributed by atoms with Crippen molar-refractivity contribution in [3.05, 3.63) is 131 Å². The van der Waals surface area contributed by atoms with Crippen LogP contribution in [0.25, 0.3) is 10.8 Å². The molecule has 6 aromatic carbocycles. The molecule has 0 heterocycles. The number of nitrogens with zero attached hydrogens (tertiary/aromatic N) is 6. The van der Waals surface area contributed by atoms with Gasteiger partial charge in [0.2, 0.25) is 0 Å². The van der Waals surface area contributed by atoms with Gasteiger partial charge in [0.15, 0.2) is 5.75 Å². The van der Waals surface area contributed by atoms with Crippen molar-refractivity contribution in [2.75, 3.05) is 7.11 Å². The van der Waals surface area contributed by atoms with Crippen LogP contribution in [0.3, 0.4) is 0 Å². The molecule has 0 aromatic heterocycles. The van der Waals surface area contributed by atoms with Crippen molar-refractivity contribution in [2.24, 2.45) is 30.7 Å². The molecular weight excluding hydrogens is 725 g/mol. The number of benzene rings is 6. The zero-order valence-electron chi connectivity index (χ0n) is 29.7. The molecule has 0 unspecified atom stereocenters. The van der Waals surface area contributed by atoms with Gasteiger partial charge in [0.25, 0.3) is 10.1 Å². The first-order valence-corrected chi connectivity index (χ1v) is 18.3. The third-order valence-corrected chi connectivity index (χ3v) is 9.59. The summed E-state index contributed by atoms with van der Waals surface area (Å²) in [5.74, 6) is -0.124. The van der Waals surface area contributed by atoms with Crippen LogP contribution in [0.4, 0.5) is 34.1 Å². The Bertz CT molecular complexity index is 2580. The van der Waals surface area contributed by atoms with E-state index in [2.05, 4.69) is 42.8 Å². The van der Waals surface area contributed by atoms with Gasteiger partial charge >= 0.3 is 0 Å². The lowest BCUT2D eigenvalue weighted by Crippen LogP contribution is -1.99. The number of phenols is 2. The number of hydrogen-bond donors (Lipinski definition) is 5. The maximum Gasteiger partial charge on any atom is 0.296 e. The van der Waals surface area contributed by atoms with Crippen LogP contribution in [0.2, 0.25) is 0 Å². The number of aliphatic hydroxyl groups is 2. The third kappa shape index (κ3) is 9.05. The number of azo groups is 3. The van der Waals surface area contributed by atoms with E-state index >= 15 is 0 Å². The molecule has 0 fully saturated rings. The highest BCUT2D eigenvalue weighted by Crippen LogP contribution is 2.41. The molecule has 0 atom stereocenters. The summed E-state index contributed by atoms with van der Waals surface area (Å²) < 4.78 is 38.9. The summed E-state index contributed by atoms with van der Waals surface area (Å²) in [5, 5.41) is 67.7. The van der Waals surface area contributed by atoms with Gasteiger partial charge in [0, 0.05) is 23.1 Å². The van der Waals surface area contributed by atoms with Crippen LogP contribution in [0.1, 0.15) is 27.8 Å². The molecule has 0 saturated heterocycles. The molecule has 0 radical (unpaired) electrons. The second-order valence-electron chi connectivity index (χ2n) is 12.4. The van der Waals surface area contributed by atoms with Crippen LogP contribution in [0, 0.1) is 6.92 Å². The van der Waals surface area contributed by atoms with Crippen LogP contribution in [0.15, 0.2) is 139 Å². The van der Waals surface area contributed by atoms with E-state index in [0.29, 0.717) is 16.6 Å². The van der Waals surface area contributed by atoms with E-state index in [1.807, 2.05) is 42.5 Å². The number of aromatic hydroxyl groups is 2. The SMILES string of the molecule is COc1cc(N=Nc2ccc(CO)cc2S(=O)(=O)O)c(C)cc1N=Nc1cc(O)c(N=Nc2ccc3cc(CCc4ccccc4)ccc3c2O)cc1CO. The first kappa shape index (κ1) is 38.3. The number of phenolic OH excluding ortho intramolecular Hbond substituents is 2. The minimum atomic E-state index is -4.65. The van der Waals surface area contributed by atoms with E-state index in [0.717, 1.165) is 29.9 Å². The zero-order valence-corrected chi connectivity index (χ0v) is 30.5. The molecular formula is C40H36N6O8S. The van der Waals surface area contributed by atoms with Crippen LogP contribution >= 0.6 is 0 Å². The molecule has 15 heteroatoms. The second kappa shape index (κ2) is 16.7. The number of hydrogen-bond acceptors (Lipinski definition) is 13. The Hall–Kier alpha value is -6.39. The van der Waals surface area contributed by atoms with Crippen molar-refractivity contribution in [1.82, 2.24) is 0 Å². The molecule has 6 rings (SSSR count). The molecule has 6 aromatic rings. The van der Waals surface area contributed by atoms with Gasteiger partial charge in [0.1, 0.15) is 39.1 Å². The van der Waals surface area contributed by atoms with Gasteiger partial charge in [-0.1, -0.05) is 60.7 Å². The number of methoxy groups -OCH3 is 1. The molecule has 14 nitrogen and oxygen atoms in total. The van der Waals surface area contributed by atoms with Crippen molar-refractivity contribution in [1.29, 1.82) is 0 Å². The molecule has 0 aliphatic heterocycles. The first-order chi connectivity index (χ1) is 26.5. The highest BCUT2D eigenvalue weighted by atomic mass is 32.2. The number of aryl methyl sites for hydroxylation is 3. The van der Waals surface area contributed by atoms with Crippen LogP contribution in [0.5, 0.6) is 17.2 Å². The number of fused-ring (bicyclic) bond motifs is 1. The van der Waals surface area contributed by atoms with Crippen molar-refractivity contribution in [3.63, 3.8) is 0 Å². The maximum atomic E-state index is 11.9. The average Bonchev–Trinajstić information content (AvgIpc) is 3.19. The Labute approximate surface area is 316 Å². The predicted molar refractivity (Wildman–Crippen MR) is 206 cm³/mol. The zero-order chi connectivity index (χ0) is 39.1. The fraction of sp³-hybridized carbons (Fsp3) is 0.150. The minimum Gasteiger partial charge on any atom is -0.506 e. The van der Waals surface area contributed by atoms with E-state index in [1.165, 1.54) is 43.0 Å². The van der Waals surface area contributed by atoms with Gasteiger partial charge in [-0.15, -0.1) is 25.6 Å². The van der Waals surface area contributed by atoms with Crippen LogP contribution in [-0.2, 0) is 36.2 Å². The molecule has 0 amide bonds. The van der Waals surface area contributed by atoms with Crippen molar-refractivity contribution in [3.8, 4) is 17.2 Å². The molecule has 55 heavy (non-hydrogen) atoms. The van der Waals surface area contributed by atoms with Crippen molar-refractivity contribution < 1.29 is 38.1 Å². The smallest absolute Gasteiger partial charge is 0.296 e.